The molecule has 2 aliphatic heterocycles. The second kappa shape index (κ2) is 5.43. The van der Waals surface area contributed by atoms with E-state index in [1.54, 1.807) is 0 Å². The first kappa shape index (κ1) is 14.5. The molecular formula is C17H24N2O2. The topological polar surface area (TPSA) is 64.4 Å². The number of hydrogen-bond donors (Lipinski definition) is 2. The fourth-order valence-corrected chi connectivity index (χ4v) is 3.22. The van der Waals surface area contributed by atoms with Crippen LogP contribution in [0, 0.1) is 0 Å². The van der Waals surface area contributed by atoms with Gasteiger partial charge in [0.15, 0.2) is 0 Å². The first-order valence-electron chi connectivity index (χ1n) is 7.81. The van der Waals surface area contributed by atoms with E-state index in [4.69, 9.17) is 10.5 Å². The lowest BCUT2D eigenvalue weighted by atomic mass is 9.84. The SMILES string of the molecule is CC1(C)C(=O)Nc2ccc(C(N)CCC3CCCO3)cc21. The summed E-state index contributed by atoms with van der Waals surface area (Å²) in [7, 11) is 0. The number of nitrogens with one attached hydrogen (secondary N) is 1. The third-order valence-electron chi connectivity index (χ3n) is 4.78. The van der Waals surface area contributed by atoms with Crippen molar-refractivity contribution in [2.45, 2.75) is 57.1 Å². The van der Waals surface area contributed by atoms with Crippen LogP contribution in [0.15, 0.2) is 18.2 Å². The van der Waals surface area contributed by atoms with Crippen LogP contribution in [-0.2, 0) is 14.9 Å². The molecule has 1 fully saturated rings. The lowest BCUT2D eigenvalue weighted by Gasteiger charge is -2.19. The number of hydrogen-bond acceptors (Lipinski definition) is 3. The Hall–Kier alpha value is -1.39. The van der Waals surface area contributed by atoms with E-state index in [-0.39, 0.29) is 11.9 Å². The molecule has 4 heteroatoms. The van der Waals surface area contributed by atoms with Gasteiger partial charge in [0.2, 0.25) is 5.91 Å². The predicted octanol–water partition coefficient (Wildman–Crippen LogP) is 2.88. The molecule has 21 heavy (non-hydrogen) atoms. The van der Waals surface area contributed by atoms with Crippen molar-refractivity contribution in [2.24, 2.45) is 5.73 Å². The van der Waals surface area contributed by atoms with E-state index in [1.165, 1.54) is 6.42 Å². The van der Waals surface area contributed by atoms with Crippen molar-refractivity contribution < 1.29 is 9.53 Å². The Balaban J connectivity index is 1.71. The third-order valence-corrected chi connectivity index (χ3v) is 4.78. The summed E-state index contributed by atoms with van der Waals surface area (Å²) in [5.41, 5.74) is 8.93. The molecule has 0 saturated carbocycles. The maximum atomic E-state index is 12.0. The van der Waals surface area contributed by atoms with Crippen LogP contribution < -0.4 is 11.1 Å². The highest BCUT2D eigenvalue weighted by atomic mass is 16.5. The maximum absolute atomic E-state index is 12.0. The van der Waals surface area contributed by atoms with Crippen molar-refractivity contribution in [2.75, 3.05) is 11.9 Å². The number of rotatable bonds is 4. The van der Waals surface area contributed by atoms with E-state index in [0.29, 0.717) is 6.10 Å². The molecule has 1 aromatic carbocycles. The Morgan fingerprint density at radius 3 is 3.00 bits per heavy atom. The zero-order valence-electron chi connectivity index (χ0n) is 12.8. The van der Waals surface area contributed by atoms with Crippen molar-refractivity contribution in [3.05, 3.63) is 29.3 Å². The summed E-state index contributed by atoms with van der Waals surface area (Å²) in [5, 5.41) is 2.93. The average Bonchev–Trinajstić information content (AvgIpc) is 3.04. The predicted molar refractivity (Wildman–Crippen MR) is 83.2 cm³/mol. The third kappa shape index (κ3) is 2.70. The van der Waals surface area contributed by atoms with E-state index in [2.05, 4.69) is 11.4 Å². The van der Waals surface area contributed by atoms with E-state index in [1.807, 2.05) is 26.0 Å². The molecule has 1 saturated heterocycles. The summed E-state index contributed by atoms with van der Waals surface area (Å²) in [6.45, 7) is 4.80. The average molecular weight is 288 g/mol. The molecule has 3 rings (SSSR count). The Bertz CT molecular complexity index is 548. The largest absolute Gasteiger partial charge is 0.378 e. The van der Waals surface area contributed by atoms with Crippen LogP contribution in [0.2, 0.25) is 0 Å². The van der Waals surface area contributed by atoms with Gasteiger partial charge in [-0.15, -0.1) is 0 Å². The van der Waals surface area contributed by atoms with E-state index in [0.717, 1.165) is 42.7 Å². The van der Waals surface area contributed by atoms with Crippen LogP contribution in [0.5, 0.6) is 0 Å². The van der Waals surface area contributed by atoms with Gasteiger partial charge in [0.1, 0.15) is 0 Å². The summed E-state index contributed by atoms with van der Waals surface area (Å²) in [6.07, 6.45) is 4.64. The second-order valence-corrected chi connectivity index (χ2v) is 6.70. The number of amides is 1. The number of carbonyl (C=O) groups is 1. The fourth-order valence-electron chi connectivity index (χ4n) is 3.22. The monoisotopic (exact) mass is 288 g/mol. The standard InChI is InChI=1S/C17H24N2O2/c1-17(2)13-10-11(5-8-15(13)19-16(17)20)14(18)7-6-12-4-3-9-21-12/h5,8,10,12,14H,3-4,6-7,9,18H2,1-2H3,(H,19,20). The summed E-state index contributed by atoms with van der Waals surface area (Å²) >= 11 is 0. The number of ether oxygens (including phenoxy) is 1. The normalized spacial score (nSPS) is 24.7. The van der Waals surface area contributed by atoms with Crippen LogP contribution >= 0.6 is 0 Å². The highest BCUT2D eigenvalue weighted by Crippen LogP contribution is 2.38. The molecule has 0 aliphatic carbocycles. The number of nitrogens with two attached hydrogens (primary N) is 1. The van der Waals surface area contributed by atoms with Gasteiger partial charge in [-0.1, -0.05) is 12.1 Å². The quantitative estimate of drug-likeness (QED) is 0.895. The van der Waals surface area contributed by atoms with Crippen LogP contribution in [0.3, 0.4) is 0 Å². The lowest BCUT2D eigenvalue weighted by molar-refractivity contribution is -0.119. The minimum Gasteiger partial charge on any atom is -0.378 e. The molecule has 1 aromatic rings. The van der Waals surface area contributed by atoms with Gasteiger partial charge < -0.3 is 15.8 Å². The molecule has 0 spiro atoms. The first-order chi connectivity index (χ1) is 9.98. The van der Waals surface area contributed by atoms with Gasteiger partial charge in [-0.3, -0.25) is 4.79 Å². The Morgan fingerprint density at radius 1 is 1.48 bits per heavy atom. The van der Waals surface area contributed by atoms with Gasteiger partial charge in [0.05, 0.1) is 11.5 Å². The molecule has 114 valence electrons. The highest BCUT2D eigenvalue weighted by Gasteiger charge is 2.38. The maximum Gasteiger partial charge on any atom is 0.234 e. The molecular weight excluding hydrogens is 264 g/mol. The summed E-state index contributed by atoms with van der Waals surface area (Å²) in [4.78, 5) is 12.0. The highest BCUT2D eigenvalue weighted by molar-refractivity contribution is 6.05. The van der Waals surface area contributed by atoms with Crippen molar-refractivity contribution in [1.82, 2.24) is 0 Å². The molecule has 0 radical (unpaired) electrons. The first-order valence-corrected chi connectivity index (χ1v) is 7.81. The molecule has 1 amide bonds. The van der Waals surface area contributed by atoms with E-state index in [9.17, 15) is 4.79 Å². The van der Waals surface area contributed by atoms with Gasteiger partial charge in [-0.05, 0) is 56.7 Å². The van der Waals surface area contributed by atoms with Crippen molar-refractivity contribution >= 4 is 11.6 Å². The Kier molecular flexibility index (Phi) is 3.76. The van der Waals surface area contributed by atoms with Gasteiger partial charge in [0.25, 0.3) is 0 Å². The number of fused-ring (bicyclic) bond motifs is 1. The molecule has 0 bridgehead atoms. The van der Waals surface area contributed by atoms with E-state index >= 15 is 0 Å². The molecule has 0 aromatic heterocycles. The molecule has 4 nitrogen and oxygen atoms in total. The zero-order chi connectivity index (χ0) is 15.0. The van der Waals surface area contributed by atoms with Gasteiger partial charge >= 0.3 is 0 Å². The minimum atomic E-state index is -0.473. The lowest BCUT2D eigenvalue weighted by Crippen LogP contribution is -2.27. The Labute approximate surface area is 126 Å². The summed E-state index contributed by atoms with van der Waals surface area (Å²) in [5.74, 6) is 0.0579. The van der Waals surface area contributed by atoms with Crippen molar-refractivity contribution in [1.29, 1.82) is 0 Å². The van der Waals surface area contributed by atoms with Gasteiger partial charge in [-0.25, -0.2) is 0 Å². The second-order valence-electron chi connectivity index (χ2n) is 6.70. The van der Waals surface area contributed by atoms with Crippen LogP contribution in [0.25, 0.3) is 0 Å². The van der Waals surface area contributed by atoms with Crippen LogP contribution in [0.4, 0.5) is 5.69 Å². The minimum absolute atomic E-state index is 0.00556. The Morgan fingerprint density at radius 2 is 2.29 bits per heavy atom. The molecule has 2 unspecified atom stereocenters. The fraction of sp³-hybridized carbons (Fsp3) is 0.588. The number of carbonyl (C=O) groups excluding carboxylic acids is 1. The summed E-state index contributed by atoms with van der Waals surface area (Å²) in [6, 6.07) is 6.10. The molecule has 3 N–H and O–H groups in total. The number of benzene rings is 1. The van der Waals surface area contributed by atoms with Crippen LogP contribution in [-0.4, -0.2) is 18.6 Å². The van der Waals surface area contributed by atoms with Crippen LogP contribution in [0.1, 0.15) is 56.7 Å². The van der Waals surface area contributed by atoms with Gasteiger partial charge in [-0.2, -0.15) is 0 Å². The van der Waals surface area contributed by atoms with E-state index < -0.39 is 5.41 Å². The van der Waals surface area contributed by atoms with Crippen molar-refractivity contribution in [3.8, 4) is 0 Å². The number of anilines is 1. The summed E-state index contributed by atoms with van der Waals surface area (Å²) < 4.78 is 5.65. The van der Waals surface area contributed by atoms with Gasteiger partial charge in [0, 0.05) is 18.3 Å². The molecule has 2 aliphatic rings. The zero-order valence-corrected chi connectivity index (χ0v) is 12.8. The molecule has 2 heterocycles. The van der Waals surface area contributed by atoms with Crippen molar-refractivity contribution in [3.63, 3.8) is 0 Å². The molecule has 2 atom stereocenters. The smallest absolute Gasteiger partial charge is 0.234 e.